The lowest BCUT2D eigenvalue weighted by Gasteiger charge is -2.36. The fraction of sp³-hybridized carbons (Fsp3) is 0.542. The highest BCUT2D eigenvalue weighted by atomic mass is 32.1. The van der Waals surface area contributed by atoms with Crippen LogP contribution in [0.4, 0.5) is 5.13 Å². The molecule has 1 N–H and O–H groups in total. The molecule has 0 spiro atoms. The van der Waals surface area contributed by atoms with E-state index in [-0.39, 0.29) is 11.8 Å². The molecule has 1 atom stereocenters. The Labute approximate surface area is 188 Å². The van der Waals surface area contributed by atoms with E-state index in [1.807, 2.05) is 11.4 Å². The van der Waals surface area contributed by atoms with Crippen LogP contribution in [-0.2, 0) is 16.0 Å². The summed E-state index contributed by atoms with van der Waals surface area (Å²) < 4.78 is 0. The summed E-state index contributed by atoms with van der Waals surface area (Å²) in [5, 5.41) is 5.37. The van der Waals surface area contributed by atoms with Crippen LogP contribution in [0.2, 0.25) is 0 Å². The molecule has 7 heteroatoms. The number of thiazole rings is 1. The van der Waals surface area contributed by atoms with Crippen LogP contribution in [-0.4, -0.2) is 59.3 Å². The van der Waals surface area contributed by atoms with Gasteiger partial charge in [0.15, 0.2) is 5.13 Å². The summed E-state index contributed by atoms with van der Waals surface area (Å²) in [7, 11) is 0. The number of rotatable bonds is 7. The van der Waals surface area contributed by atoms with Crippen molar-refractivity contribution in [2.45, 2.75) is 38.5 Å². The molecule has 3 heterocycles. The molecule has 0 aliphatic carbocycles. The molecule has 4 rings (SSSR count). The zero-order valence-corrected chi connectivity index (χ0v) is 18.9. The molecule has 1 aromatic heterocycles. The molecule has 0 saturated carbocycles. The number of nitrogens with one attached hydrogen (secondary N) is 1. The van der Waals surface area contributed by atoms with Crippen molar-refractivity contribution in [2.24, 2.45) is 11.8 Å². The average Bonchev–Trinajstić information content (AvgIpc) is 3.22. The number of hydrogen-bond acceptors (Lipinski definition) is 5. The largest absolute Gasteiger partial charge is 0.342 e. The highest BCUT2D eigenvalue weighted by molar-refractivity contribution is 7.13. The van der Waals surface area contributed by atoms with Gasteiger partial charge < -0.3 is 10.2 Å². The Hall–Kier alpha value is -2.25. The first-order valence-corrected chi connectivity index (χ1v) is 12.3. The molecule has 2 fully saturated rings. The van der Waals surface area contributed by atoms with Crippen LogP contribution in [0.1, 0.15) is 37.7 Å². The number of carbonyl (C=O) groups is 2. The van der Waals surface area contributed by atoms with Crippen LogP contribution in [0.5, 0.6) is 0 Å². The number of likely N-dealkylation sites (tertiary alicyclic amines) is 2. The minimum atomic E-state index is -0.00831. The molecular weight excluding hydrogens is 408 g/mol. The SMILES string of the molecule is O=C(CN1CCC([C@H]2CCCCN(CCc3ccccc3)C2=O)CC1)Nc1nccs1. The first-order valence-electron chi connectivity index (χ1n) is 11.4. The summed E-state index contributed by atoms with van der Waals surface area (Å²) in [5.74, 6) is 0.923. The smallest absolute Gasteiger partial charge is 0.240 e. The van der Waals surface area contributed by atoms with Crippen LogP contribution in [0.25, 0.3) is 0 Å². The Kier molecular flexibility index (Phi) is 7.70. The standard InChI is InChI=1S/C24H32N4O2S/c29-22(26-24-25-12-17-31-24)18-27-14-10-20(11-15-27)21-8-4-5-13-28(23(21)30)16-9-19-6-2-1-3-7-19/h1-3,6-7,12,17,20-21H,4-5,8-11,13-16,18H2,(H,25,26,29)/t21-/m1/s1. The molecule has 31 heavy (non-hydrogen) atoms. The molecular formula is C24H32N4O2S. The van der Waals surface area contributed by atoms with E-state index in [4.69, 9.17) is 0 Å². The lowest BCUT2D eigenvalue weighted by atomic mass is 9.81. The summed E-state index contributed by atoms with van der Waals surface area (Å²) in [5.41, 5.74) is 1.29. The van der Waals surface area contributed by atoms with E-state index in [1.165, 1.54) is 16.9 Å². The number of anilines is 1. The molecule has 0 unspecified atom stereocenters. The number of carbonyl (C=O) groups excluding carboxylic acids is 2. The first-order chi connectivity index (χ1) is 15.2. The molecule has 0 bridgehead atoms. The van der Waals surface area contributed by atoms with E-state index < -0.39 is 0 Å². The van der Waals surface area contributed by atoms with E-state index in [9.17, 15) is 9.59 Å². The number of piperidine rings is 1. The molecule has 1 aromatic carbocycles. The topological polar surface area (TPSA) is 65.5 Å². The molecule has 166 valence electrons. The van der Waals surface area contributed by atoms with Gasteiger partial charge >= 0.3 is 0 Å². The Morgan fingerprint density at radius 2 is 1.90 bits per heavy atom. The predicted molar refractivity (Wildman–Crippen MR) is 124 cm³/mol. The van der Waals surface area contributed by atoms with Gasteiger partial charge in [0.1, 0.15) is 0 Å². The number of aromatic nitrogens is 1. The van der Waals surface area contributed by atoms with Gasteiger partial charge in [-0.2, -0.15) is 0 Å². The third-order valence-electron chi connectivity index (χ3n) is 6.58. The number of amides is 2. The van der Waals surface area contributed by atoms with Crippen molar-refractivity contribution in [2.75, 3.05) is 38.0 Å². The second-order valence-electron chi connectivity index (χ2n) is 8.66. The van der Waals surface area contributed by atoms with E-state index in [2.05, 4.69) is 44.4 Å². The molecule has 2 amide bonds. The summed E-state index contributed by atoms with van der Waals surface area (Å²) in [6.45, 7) is 3.86. The van der Waals surface area contributed by atoms with Crippen molar-refractivity contribution < 1.29 is 9.59 Å². The van der Waals surface area contributed by atoms with Crippen LogP contribution >= 0.6 is 11.3 Å². The zero-order valence-electron chi connectivity index (χ0n) is 18.0. The van der Waals surface area contributed by atoms with E-state index in [1.54, 1.807) is 6.20 Å². The molecule has 2 aliphatic heterocycles. The average molecular weight is 441 g/mol. The lowest BCUT2D eigenvalue weighted by molar-refractivity contribution is -0.137. The predicted octanol–water partition coefficient (Wildman–Crippen LogP) is 3.67. The molecule has 0 radical (unpaired) electrons. The highest BCUT2D eigenvalue weighted by Crippen LogP contribution is 2.32. The van der Waals surface area contributed by atoms with Crippen molar-refractivity contribution in [3.05, 3.63) is 47.5 Å². The third-order valence-corrected chi connectivity index (χ3v) is 7.27. The maximum Gasteiger partial charge on any atom is 0.240 e. The quantitative estimate of drug-likeness (QED) is 0.714. The van der Waals surface area contributed by atoms with E-state index >= 15 is 0 Å². The van der Waals surface area contributed by atoms with Gasteiger partial charge in [-0.05, 0) is 56.7 Å². The van der Waals surface area contributed by atoms with E-state index in [0.717, 1.165) is 64.7 Å². The fourth-order valence-corrected chi connectivity index (χ4v) is 5.41. The normalized spacial score (nSPS) is 21.1. The van der Waals surface area contributed by atoms with Gasteiger partial charge in [-0.25, -0.2) is 4.98 Å². The van der Waals surface area contributed by atoms with Crippen LogP contribution in [0, 0.1) is 11.8 Å². The number of nitrogens with zero attached hydrogens (tertiary/aromatic N) is 3. The molecule has 2 aromatic rings. The minimum absolute atomic E-state index is 0.00831. The zero-order chi connectivity index (χ0) is 21.5. The van der Waals surface area contributed by atoms with Crippen molar-refractivity contribution >= 4 is 28.3 Å². The van der Waals surface area contributed by atoms with Gasteiger partial charge in [0.05, 0.1) is 6.54 Å². The highest BCUT2D eigenvalue weighted by Gasteiger charge is 2.35. The van der Waals surface area contributed by atoms with Gasteiger partial charge in [0.2, 0.25) is 11.8 Å². The van der Waals surface area contributed by atoms with Gasteiger partial charge in [-0.3, -0.25) is 14.5 Å². The summed E-state index contributed by atoms with van der Waals surface area (Å²) >= 11 is 1.43. The van der Waals surface area contributed by atoms with Gasteiger partial charge in [0.25, 0.3) is 0 Å². The Bertz CT molecular complexity index is 835. The van der Waals surface area contributed by atoms with Crippen LogP contribution < -0.4 is 5.32 Å². The van der Waals surface area contributed by atoms with Gasteiger partial charge in [-0.1, -0.05) is 36.8 Å². The fourth-order valence-electron chi connectivity index (χ4n) is 4.86. The lowest BCUT2D eigenvalue weighted by Crippen LogP contribution is -2.44. The van der Waals surface area contributed by atoms with Crippen LogP contribution in [0.3, 0.4) is 0 Å². The summed E-state index contributed by atoms with van der Waals surface area (Å²) in [6, 6.07) is 10.4. The van der Waals surface area contributed by atoms with Gasteiger partial charge in [-0.15, -0.1) is 11.3 Å². The van der Waals surface area contributed by atoms with Crippen molar-refractivity contribution in [3.8, 4) is 0 Å². The van der Waals surface area contributed by atoms with Crippen molar-refractivity contribution in [1.29, 1.82) is 0 Å². The Morgan fingerprint density at radius 1 is 1.10 bits per heavy atom. The molecule has 6 nitrogen and oxygen atoms in total. The maximum atomic E-state index is 13.3. The molecule has 2 saturated heterocycles. The summed E-state index contributed by atoms with van der Waals surface area (Å²) in [6.07, 6.45) is 7.85. The van der Waals surface area contributed by atoms with Gasteiger partial charge in [0, 0.05) is 30.6 Å². The van der Waals surface area contributed by atoms with Crippen molar-refractivity contribution in [1.82, 2.24) is 14.8 Å². The monoisotopic (exact) mass is 440 g/mol. The second-order valence-corrected chi connectivity index (χ2v) is 9.56. The summed E-state index contributed by atoms with van der Waals surface area (Å²) in [4.78, 5) is 34.0. The maximum absolute atomic E-state index is 13.3. The Morgan fingerprint density at radius 3 is 2.65 bits per heavy atom. The third kappa shape index (κ3) is 6.14. The second kappa shape index (κ2) is 10.9. The minimum Gasteiger partial charge on any atom is -0.342 e. The number of benzene rings is 1. The van der Waals surface area contributed by atoms with Crippen molar-refractivity contribution in [3.63, 3.8) is 0 Å². The van der Waals surface area contributed by atoms with E-state index in [0.29, 0.717) is 23.5 Å². The first kappa shape index (κ1) is 22.0. The van der Waals surface area contributed by atoms with Crippen LogP contribution in [0.15, 0.2) is 41.9 Å². The Balaban J connectivity index is 1.26. The number of hydrogen-bond donors (Lipinski definition) is 1. The molecule has 2 aliphatic rings.